The number of benzene rings is 1. The Balaban J connectivity index is 2.04. The standard InChI is InChI=1S/C16H18N2O3/c1-10(19)13-6-4-8-18(13)16(20)11-9-17-12-5-3-7-14(21-2)15(11)12/h3,5,7,9,13,17,19H,1,4,6,8H2,2H3. The number of aliphatic hydroxyl groups is 1. The number of likely N-dealkylation sites (tertiary alicyclic amines) is 1. The molecule has 1 saturated heterocycles. The summed E-state index contributed by atoms with van der Waals surface area (Å²) < 4.78 is 5.36. The van der Waals surface area contributed by atoms with Crippen LogP contribution in [0.1, 0.15) is 23.2 Å². The van der Waals surface area contributed by atoms with Crippen molar-refractivity contribution in [1.82, 2.24) is 9.88 Å². The van der Waals surface area contributed by atoms with Gasteiger partial charge in [-0.25, -0.2) is 0 Å². The van der Waals surface area contributed by atoms with Gasteiger partial charge in [-0.2, -0.15) is 0 Å². The van der Waals surface area contributed by atoms with E-state index in [1.807, 2.05) is 18.2 Å². The second-order valence-electron chi connectivity index (χ2n) is 5.23. The van der Waals surface area contributed by atoms with E-state index in [-0.39, 0.29) is 17.7 Å². The highest BCUT2D eigenvalue weighted by atomic mass is 16.5. The molecule has 0 aliphatic carbocycles. The number of nitrogens with zero attached hydrogens (tertiary/aromatic N) is 1. The van der Waals surface area contributed by atoms with Crippen molar-refractivity contribution in [3.63, 3.8) is 0 Å². The lowest BCUT2D eigenvalue weighted by Crippen LogP contribution is -2.36. The molecular formula is C16H18N2O3. The predicted molar refractivity (Wildman–Crippen MR) is 80.7 cm³/mol. The van der Waals surface area contributed by atoms with Crippen LogP contribution in [-0.4, -0.2) is 40.6 Å². The van der Waals surface area contributed by atoms with Gasteiger partial charge in [-0.15, -0.1) is 0 Å². The summed E-state index contributed by atoms with van der Waals surface area (Å²) in [5.74, 6) is 0.603. The second kappa shape index (κ2) is 5.16. The summed E-state index contributed by atoms with van der Waals surface area (Å²) in [6.07, 6.45) is 3.32. The molecule has 0 radical (unpaired) electrons. The SMILES string of the molecule is C=C(O)C1CCCN1C(=O)c1c[nH]c2cccc(OC)c12. The molecule has 0 saturated carbocycles. The number of carbonyl (C=O) groups excluding carboxylic acids is 1. The molecule has 1 amide bonds. The number of fused-ring (bicyclic) bond motifs is 1. The summed E-state index contributed by atoms with van der Waals surface area (Å²) in [4.78, 5) is 17.6. The number of ether oxygens (including phenoxy) is 1. The fraction of sp³-hybridized carbons (Fsp3) is 0.312. The van der Waals surface area contributed by atoms with Crippen LogP contribution < -0.4 is 4.74 Å². The molecule has 1 aromatic carbocycles. The van der Waals surface area contributed by atoms with Crippen LogP contribution in [0.3, 0.4) is 0 Å². The molecule has 0 bridgehead atoms. The number of amides is 1. The molecule has 5 nitrogen and oxygen atoms in total. The van der Waals surface area contributed by atoms with Gasteiger partial charge in [0.25, 0.3) is 5.91 Å². The number of rotatable bonds is 3. The molecule has 2 aromatic rings. The highest BCUT2D eigenvalue weighted by Gasteiger charge is 2.32. The number of aliphatic hydroxyl groups excluding tert-OH is 1. The first kappa shape index (κ1) is 13.5. The molecule has 1 atom stereocenters. The number of hydrogen-bond acceptors (Lipinski definition) is 3. The number of methoxy groups -OCH3 is 1. The van der Waals surface area contributed by atoms with Crippen LogP contribution in [-0.2, 0) is 0 Å². The van der Waals surface area contributed by atoms with Crippen molar-refractivity contribution in [2.75, 3.05) is 13.7 Å². The van der Waals surface area contributed by atoms with Gasteiger partial charge in [0.05, 0.1) is 24.1 Å². The van der Waals surface area contributed by atoms with Crippen LogP contribution in [0.4, 0.5) is 0 Å². The number of aromatic nitrogens is 1. The average molecular weight is 286 g/mol. The average Bonchev–Trinajstić information content (AvgIpc) is 3.12. The lowest BCUT2D eigenvalue weighted by atomic mass is 10.1. The fourth-order valence-electron chi connectivity index (χ4n) is 3.00. The maximum atomic E-state index is 12.8. The van der Waals surface area contributed by atoms with Gasteiger partial charge in [0.1, 0.15) is 11.5 Å². The Bertz CT molecular complexity index is 705. The molecule has 1 aliphatic heterocycles. The Morgan fingerprint density at radius 2 is 2.33 bits per heavy atom. The Labute approximate surface area is 122 Å². The zero-order chi connectivity index (χ0) is 15.0. The van der Waals surface area contributed by atoms with Crippen molar-refractivity contribution < 1.29 is 14.6 Å². The lowest BCUT2D eigenvalue weighted by Gasteiger charge is -2.23. The topological polar surface area (TPSA) is 65.6 Å². The molecule has 0 spiro atoms. The third-order valence-electron chi connectivity index (χ3n) is 4.02. The monoisotopic (exact) mass is 286 g/mol. The first-order valence-electron chi connectivity index (χ1n) is 6.96. The van der Waals surface area contributed by atoms with Gasteiger partial charge in [0.2, 0.25) is 0 Å². The van der Waals surface area contributed by atoms with Crippen molar-refractivity contribution in [2.45, 2.75) is 18.9 Å². The normalized spacial score (nSPS) is 18.1. The number of carbonyl (C=O) groups is 1. The van der Waals surface area contributed by atoms with Gasteiger partial charge in [-0.1, -0.05) is 12.6 Å². The van der Waals surface area contributed by atoms with Gasteiger partial charge in [-0.3, -0.25) is 4.79 Å². The minimum Gasteiger partial charge on any atom is -0.511 e. The molecular weight excluding hydrogens is 268 g/mol. The Morgan fingerprint density at radius 3 is 3.05 bits per heavy atom. The van der Waals surface area contributed by atoms with E-state index in [0.717, 1.165) is 23.7 Å². The molecule has 110 valence electrons. The summed E-state index contributed by atoms with van der Waals surface area (Å²) in [5.41, 5.74) is 1.42. The molecule has 5 heteroatoms. The number of hydrogen-bond donors (Lipinski definition) is 2. The van der Waals surface area contributed by atoms with Crippen molar-refractivity contribution in [3.05, 3.63) is 42.3 Å². The predicted octanol–water partition coefficient (Wildman–Crippen LogP) is 2.85. The van der Waals surface area contributed by atoms with E-state index in [9.17, 15) is 9.90 Å². The molecule has 2 heterocycles. The summed E-state index contributed by atoms with van der Waals surface area (Å²) in [5, 5.41) is 10.4. The van der Waals surface area contributed by atoms with Gasteiger partial charge in [-0.05, 0) is 25.0 Å². The minimum atomic E-state index is -0.294. The third kappa shape index (κ3) is 2.14. The van der Waals surface area contributed by atoms with E-state index < -0.39 is 0 Å². The molecule has 2 N–H and O–H groups in total. The molecule has 1 aromatic heterocycles. The summed E-state index contributed by atoms with van der Waals surface area (Å²) in [6, 6.07) is 5.32. The van der Waals surface area contributed by atoms with E-state index >= 15 is 0 Å². The first-order chi connectivity index (χ1) is 10.1. The van der Waals surface area contributed by atoms with E-state index in [4.69, 9.17) is 4.74 Å². The smallest absolute Gasteiger partial charge is 0.256 e. The van der Waals surface area contributed by atoms with Gasteiger partial charge in [0.15, 0.2) is 0 Å². The minimum absolute atomic E-state index is 0.0488. The van der Waals surface area contributed by atoms with Crippen LogP contribution in [0.5, 0.6) is 5.75 Å². The molecule has 21 heavy (non-hydrogen) atoms. The van der Waals surface area contributed by atoms with Crippen molar-refractivity contribution >= 4 is 16.8 Å². The van der Waals surface area contributed by atoms with Crippen molar-refractivity contribution in [2.24, 2.45) is 0 Å². The number of aromatic amines is 1. The largest absolute Gasteiger partial charge is 0.511 e. The zero-order valence-corrected chi connectivity index (χ0v) is 11.9. The molecule has 1 unspecified atom stereocenters. The summed E-state index contributed by atoms with van der Waals surface area (Å²) >= 11 is 0. The van der Waals surface area contributed by atoms with Crippen LogP contribution in [0, 0.1) is 0 Å². The Kier molecular flexibility index (Phi) is 3.33. The fourth-order valence-corrected chi connectivity index (χ4v) is 3.00. The van der Waals surface area contributed by atoms with E-state index in [2.05, 4.69) is 11.6 Å². The highest BCUT2D eigenvalue weighted by Crippen LogP contribution is 2.31. The molecule has 1 fully saturated rings. The van der Waals surface area contributed by atoms with E-state index in [1.54, 1.807) is 18.2 Å². The van der Waals surface area contributed by atoms with E-state index in [1.165, 1.54) is 0 Å². The van der Waals surface area contributed by atoms with Gasteiger partial charge >= 0.3 is 0 Å². The van der Waals surface area contributed by atoms with Crippen LogP contribution >= 0.6 is 0 Å². The van der Waals surface area contributed by atoms with Gasteiger partial charge in [0, 0.05) is 18.3 Å². The maximum absolute atomic E-state index is 12.8. The van der Waals surface area contributed by atoms with E-state index in [0.29, 0.717) is 17.9 Å². The number of nitrogens with one attached hydrogen (secondary N) is 1. The molecule has 1 aliphatic rings. The second-order valence-corrected chi connectivity index (χ2v) is 5.23. The number of H-pyrrole nitrogens is 1. The van der Waals surface area contributed by atoms with Crippen LogP contribution in [0.2, 0.25) is 0 Å². The third-order valence-corrected chi connectivity index (χ3v) is 4.02. The van der Waals surface area contributed by atoms with Gasteiger partial charge < -0.3 is 19.7 Å². The van der Waals surface area contributed by atoms with Crippen molar-refractivity contribution in [3.8, 4) is 5.75 Å². The van der Waals surface area contributed by atoms with Crippen LogP contribution in [0.15, 0.2) is 36.7 Å². The zero-order valence-electron chi connectivity index (χ0n) is 11.9. The molecule has 3 rings (SSSR count). The quantitative estimate of drug-likeness (QED) is 0.853. The lowest BCUT2D eigenvalue weighted by molar-refractivity contribution is 0.0732. The first-order valence-corrected chi connectivity index (χ1v) is 6.96. The van der Waals surface area contributed by atoms with Crippen LogP contribution in [0.25, 0.3) is 10.9 Å². The Hall–Kier alpha value is -2.43. The summed E-state index contributed by atoms with van der Waals surface area (Å²) in [7, 11) is 1.59. The van der Waals surface area contributed by atoms with Crippen molar-refractivity contribution in [1.29, 1.82) is 0 Å². The summed E-state index contributed by atoms with van der Waals surface area (Å²) in [6.45, 7) is 4.21. The highest BCUT2D eigenvalue weighted by molar-refractivity contribution is 6.09. The maximum Gasteiger partial charge on any atom is 0.256 e. The Morgan fingerprint density at radius 1 is 1.52 bits per heavy atom.